The molecule has 0 fully saturated rings. The van der Waals surface area contributed by atoms with Crippen molar-refractivity contribution in [2.45, 2.75) is 12.7 Å². The van der Waals surface area contributed by atoms with Crippen molar-refractivity contribution in [3.05, 3.63) is 29.3 Å². The van der Waals surface area contributed by atoms with Gasteiger partial charge >= 0.3 is 5.97 Å². The predicted octanol–water partition coefficient (Wildman–Crippen LogP) is 1.64. The Morgan fingerprint density at radius 2 is 1.82 bits per heavy atom. The van der Waals surface area contributed by atoms with Gasteiger partial charge in [-0.3, -0.25) is 0 Å². The van der Waals surface area contributed by atoms with Crippen molar-refractivity contribution in [1.29, 1.82) is 0 Å². The molecular weight excluding hydrogens is 224 g/mol. The van der Waals surface area contributed by atoms with Gasteiger partial charge in [0.05, 0.1) is 7.11 Å². The lowest BCUT2D eigenvalue weighted by Crippen LogP contribution is -2.29. The molecule has 5 nitrogen and oxygen atoms in total. The van der Waals surface area contributed by atoms with Crippen LogP contribution in [0.25, 0.3) is 0 Å². The molecule has 0 aliphatic rings. The molecule has 0 bridgehead atoms. The number of hydrogen-bond donors (Lipinski definition) is 1. The van der Waals surface area contributed by atoms with Crippen LogP contribution in [0.2, 0.25) is 0 Å². The normalized spacial score (nSPS) is 11.3. The standard InChI is InChI=1S/C12H16O5/c1-12(16-3,17-4)8-6-5-7-9(13)10(8)11(14)15-2/h5-7,13H,1-4H3. The molecule has 5 heteroatoms. The van der Waals surface area contributed by atoms with E-state index in [1.165, 1.54) is 27.4 Å². The number of rotatable bonds is 4. The van der Waals surface area contributed by atoms with Gasteiger partial charge in [0, 0.05) is 19.8 Å². The van der Waals surface area contributed by atoms with Crippen molar-refractivity contribution in [3.63, 3.8) is 0 Å². The largest absolute Gasteiger partial charge is 0.507 e. The summed E-state index contributed by atoms with van der Waals surface area (Å²) in [5, 5.41) is 9.74. The van der Waals surface area contributed by atoms with Crippen molar-refractivity contribution in [1.82, 2.24) is 0 Å². The van der Waals surface area contributed by atoms with E-state index < -0.39 is 11.8 Å². The Morgan fingerprint density at radius 3 is 2.29 bits per heavy atom. The minimum atomic E-state index is -1.12. The number of phenols is 1. The number of aromatic hydroxyl groups is 1. The van der Waals surface area contributed by atoms with E-state index in [1.54, 1.807) is 19.1 Å². The number of carbonyl (C=O) groups excluding carboxylic acids is 1. The first-order chi connectivity index (χ1) is 8.00. The first-order valence-corrected chi connectivity index (χ1v) is 5.01. The third-order valence-electron chi connectivity index (χ3n) is 2.70. The molecule has 0 aromatic heterocycles. The lowest BCUT2D eigenvalue weighted by atomic mass is 9.99. The van der Waals surface area contributed by atoms with Gasteiger partial charge in [0.15, 0.2) is 5.79 Å². The van der Waals surface area contributed by atoms with Crippen LogP contribution in [0.1, 0.15) is 22.8 Å². The van der Waals surface area contributed by atoms with Gasteiger partial charge in [-0.25, -0.2) is 4.79 Å². The Morgan fingerprint density at radius 1 is 1.24 bits per heavy atom. The minimum absolute atomic E-state index is 0.0428. The minimum Gasteiger partial charge on any atom is -0.507 e. The molecule has 0 saturated carbocycles. The summed E-state index contributed by atoms with van der Waals surface area (Å²) in [6, 6.07) is 4.65. The van der Waals surface area contributed by atoms with Crippen molar-refractivity contribution in [2.75, 3.05) is 21.3 Å². The van der Waals surface area contributed by atoms with Crippen molar-refractivity contribution < 1.29 is 24.1 Å². The van der Waals surface area contributed by atoms with Crippen LogP contribution >= 0.6 is 0 Å². The molecule has 1 aromatic rings. The molecule has 0 atom stereocenters. The first kappa shape index (κ1) is 13.5. The van der Waals surface area contributed by atoms with E-state index in [9.17, 15) is 9.90 Å². The Kier molecular flexibility index (Phi) is 4.09. The lowest BCUT2D eigenvalue weighted by Gasteiger charge is -2.28. The second kappa shape index (κ2) is 5.16. The zero-order valence-corrected chi connectivity index (χ0v) is 10.3. The summed E-state index contributed by atoms with van der Waals surface area (Å²) in [7, 11) is 4.15. The lowest BCUT2D eigenvalue weighted by molar-refractivity contribution is -0.202. The Hall–Kier alpha value is -1.59. The van der Waals surface area contributed by atoms with Crippen molar-refractivity contribution in [2.24, 2.45) is 0 Å². The fourth-order valence-electron chi connectivity index (χ4n) is 1.54. The highest BCUT2D eigenvalue weighted by atomic mass is 16.7. The monoisotopic (exact) mass is 240 g/mol. The molecule has 1 aromatic carbocycles. The van der Waals surface area contributed by atoms with Crippen LogP contribution in [0, 0.1) is 0 Å². The van der Waals surface area contributed by atoms with Gasteiger partial charge in [-0.15, -0.1) is 0 Å². The number of benzene rings is 1. The molecule has 0 unspecified atom stereocenters. The third kappa shape index (κ3) is 2.40. The molecular formula is C12H16O5. The predicted molar refractivity (Wildman–Crippen MR) is 60.8 cm³/mol. The van der Waals surface area contributed by atoms with E-state index in [-0.39, 0.29) is 11.3 Å². The summed E-state index contributed by atoms with van der Waals surface area (Å²) in [5.41, 5.74) is 0.454. The molecule has 1 N–H and O–H groups in total. The maximum Gasteiger partial charge on any atom is 0.342 e. The maximum atomic E-state index is 11.6. The Bertz CT molecular complexity index is 409. The molecule has 0 spiro atoms. The van der Waals surface area contributed by atoms with E-state index in [0.29, 0.717) is 5.56 Å². The van der Waals surface area contributed by atoms with E-state index >= 15 is 0 Å². The fraction of sp³-hybridized carbons (Fsp3) is 0.417. The number of methoxy groups -OCH3 is 3. The second-order valence-corrected chi connectivity index (χ2v) is 3.55. The summed E-state index contributed by atoms with van der Waals surface area (Å²) in [5.74, 6) is -1.93. The molecule has 0 aliphatic heterocycles. The van der Waals surface area contributed by atoms with Crippen LogP contribution in [0.3, 0.4) is 0 Å². The average molecular weight is 240 g/mol. The third-order valence-corrected chi connectivity index (χ3v) is 2.70. The highest BCUT2D eigenvalue weighted by molar-refractivity contribution is 5.94. The highest BCUT2D eigenvalue weighted by Gasteiger charge is 2.32. The number of phenolic OH excluding ortho intramolecular Hbond substituents is 1. The number of hydrogen-bond acceptors (Lipinski definition) is 5. The van der Waals surface area contributed by atoms with Crippen LogP contribution in [0.5, 0.6) is 5.75 Å². The Labute approximate surface area is 99.9 Å². The molecule has 0 radical (unpaired) electrons. The van der Waals surface area contributed by atoms with Crippen LogP contribution in [0.4, 0.5) is 0 Å². The molecule has 0 amide bonds. The first-order valence-electron chi connectivity index (χ1n) is 5.01. The maximum absolute atomic E-state index is 11.6. The summed E-state index contributed by atoms with van der Waals surface area (Å²) in [4.78, 5) is 11.6. The molecule has 17 heavy (non-hydrogen) atoms. The van der Waals surface area contributed by atoms with Crippen LogP contribution in [-0.4, -0.2) is 32.4 Å². The topological polar surface area (TPSA) is 65.0 Å². The highest BCUT2D eigenvalue weighted by Crippen LogP contribution is 2.33. The summed E-state index contributed by atoms with van der Waals surface area (Å²) < 4.78 is 15.1. The molecule has 0 saturated heterocycles. The summed E-state index contributed by atoms with van der Waals surface area (Å²) in [6.07, 6.45) is 0. The molecule has 0 aliphatic carbocycles. The van der Waals surface area contributed by atoms with E-state index in [0.717, 1.165) is 0 Å². The number of esters is 1. The molecule has 0 heterocycles. The van der Waals surface area contributed by atoms with Crippen LogP contribution in [-0.2, 0) is 20.0 Å². The Balaban J connectivity index is 3.43. The number of ether oxygens (including phenoxy) is 3. The van der Waals surface area contributed by atoms with E-state index in [4.69, 9.17) is 9.47 Å². The summed E-state index contributed by atoms with van der Waals surface area (Å²) in [6.45, 7) is 1.65. The van der Waals surface area contributed by atoms with E-state index in [2.05, 4.69) is 4.74 Å². The van der Waals surface area contributed by atoms with Gasteiger partial charge < -0.3 is 19.3 Å². The van der Waals surface area contributed by atoms with Gasteiger partial charge in [-0.2, -0.15) is 0 Å². The van der Waals surface area contributed by atoms with Gasteiger partial charge in [0.2, 0.25) is 0 Å². The fourth-order valence-corrected chi connectivity index (χ4v) is 1.54. The second-order valence-electron chi connectivity index (χ2n) is 3.55. The van der Waals surface area contributed by atoms with Gasteiger partial charge in [-0.1, -0.05) is 12.1 Å². The van der Waals surface area contributed by atoms with Crippen molar-refractivity contribution >= 4 is 5.97 Å². The van der Waals surface area contributed by atoms with Gasteiger partial charge in [0.1, 0.15) is 11.3 Å². The van der Waals surface area contributed by atoms with Gasteiger partial charge in [0.25, 0.3) is 0 Å². The summed E-state index contributed by atoms with van der Waals surface area (Å²) >= 11 is 0. The van der Waals surface area contributed by atoms with Gasteiger partial charge in [-0.05, 0) is 13.0 Å². The zero-order chi connectivity index (χ0) is 13.1. The molecule has 1 rings (SSSR count). The smallest absolute Gasteiger partial charge is 0.342 e. The zero-order valence-electron chi connectivity index (χ0n) is 10.3. The molecule has 94 valence electrons. The van der Waals surface area contributed by atoms with Crippen LogP contribution < -0.4 is 0 Å². The number of carbonyl (C=O) groups is 1. The average Bonchev–Trinajstić information content (AvgIpc) is 2.36. The van der Waals surface area contributed by atoms with Crippen molar-refractivity contribution in [3.8, 4) is 5.75 Å². The SMILES string of the molecule is COC(=O)c1c(O)cccc1C(C)(OC)OC. The van der Waals surface area contributed by atoms with E-state index in [1.807, 2.05) is 0 Å². The quantitative estimate of drug-likeness (QED) is 0.640. The van der Waals surface area contributed by atoms with Crippen LogP contribution in [0.15, 0.2) is 18.2 Å².